The Morgan fingerprint density at radius 1 is 1.22 bits per heavy atom. The SMILES string of the molecule is CCOC(=O)c1cccnc1Oc1ccc(-c2nnco2)cc1. The van der Waals surface area contributed by atoms with Crippen LogP contribution in [0.2, 0.25) is 0 Å². The molecule has 2 aromatic heterocycles. The number of aromatic nitrogens is 3. The highest BCUT2D eigenvalue weighted by Crippen LogP contribution is 2.26. The molecule has 7 nitrogen and oxygen atoms in total. The van der Waals surface area contributed by atoms with Gasteiger partial charge in [0.2, 0.25) is 18.2 Å². The van der Waals surface area contributed by atoms with Crippen LogP contribution in [0.4, 0.5) is 0 Å². The predicted molar refractivity (Wildman–Crippen MR) is 80.0 cm³/mol. The molecule has 116 valence electrons. The first-order chi connectivity index (χ1) is 11.3. The molecule has 0 N–H and O–H groups in total. The normalized spacial score (nSPS) is 10.3. The molecule has 7 heteroatoms. The van der Waals surface area contributed by atoms with Crippen LogP contribution in [0.1, 0.15) is 17.3 Å². The summed E-state index contributed by atoms with van der Waals surface area (Å²) >= 11 is 0. The summed E-state index contributed by atoms with van der Waals surface area (Å²) in [6.07, 6.45) is 2.81. The fourth-order valence-corrected chi connectivity index (χ4v) is 1.91. The van der Waals surface area contributed by atoms with Crippen LogP contribution in [0, 0.1) is 0 Å². The van der Waals surface area contributed by atoms with Gasteiger partial charge in [-0.1, -0.05) is 0 Å². The van der Waals surface area contributed by atoms with E-state index in [0.717, 1.165) is 5.56 Å². The molecule has 0 fully saturated rings. The van der Waals surface area contributed by atoms with Crippen molar-refractivity contribution in [3.63, 3.8) is 0 Å². The van der Waals surface area contributed by atoms with Crippen molar-refractivity contribution in [1.82, 2.24) is 15.2 Å². The first-order valence-corrected chi connectivity index (χ1v) is 6.94. The van der Waals surface area contributed by atoms with Crippen LogP contribution in [-0.2, 0) is 4.74 Å². The zero-order valence-electron chi connectivity index (χ0n) is 12.3. The van der Waals surface area contributed by atoms with Crippen LogP contribution in [0.3, 0.4) is 0 Å². The van der Waals surface area contributed by atoms with Crippen LogP contribution < -0.4 is 4.74 Å². The molecular weight excluding hydrogens is 298 g/mol. The van der Waals surface area contributed by atoms with Crippen molar-refractivity contribution >= 4 is 5.97 Å². The van der Waals surface area contributed by atoms with E-state index in [1.807, 2.05) is 0 Å². The third-order valence-corrected chi connectivity index (χ3v) is 2.94. The summed E-state index contributed by atoms with van der Waals surface area (Å²) in [4.78, 5) is 16.0. The summed E-state index contributed by atoms with van der Waals surface area (Å²) < 4.78 is 15.8. The second-order valence-corrected chi connectivity index (χ2v) is 4.45. The van der Waals surface area contributed by atoms with E-state index in [1.165, 1.54) is 6.39 Å². The molecule has 0 saturated carbocycles. The predicted octanol–water partition coefficient (Wildman–Crippen LogP) is 3.10. The zero-order valence-corrected chi connectivity index (χ0v) is 12.3. The monoisotopic (exact) mass is 311 g/mol. The number of pyridine rings is 1. The van der Waals surface area contributed by atoms with Crippen LogP contribution in [0.25, 0.3) is 11.5 Å². The average Bonchev–Trinajstić information content (AvgIpc) is 3.11. The summed E-state index contributed by atoms with van der Waals surface area (Å²) in [5.41, 5.74) is 1.04. The van der Waals surface area contributed by atoms with E-state index in [4.69, 9.17) is 13.9 Å². The summed E-state index contributed by atoms with van der Waals surface area (Å²) in [5.74, 6) is 0.661. The molecule has 0 bridgehead atoms. The number of hydrogen-bond acceptors (Lipinski definition) is 7. The fourth-order valence-electron chi connectivity index (χ4n) is 1.91. The van der Waals surface area contributed by atoms with Crippen molar-refractivity contribution in [1.29, 1.82) is 0 Å². The quantitative estimate of drug-likeness (QED) is 0.669. The molecule has 23 heavy (non-hydrogen) atoms. The molecule has 3 rings (SSSR count). The molecule has 0 spiro atoms. The van der Waals surface area contributed by atoms with Gasteiger partial charge in [0.1, 0.15) is 11.3 Å². The number of esters is 1. The lowest BCUT2D eigenvalue weighted by molar-refractivity contribution is 0.0522. The van der Waals surface area contributed by atoms with Crippen LogP contribution in [0.15, 0.2) is 53.4 Å². The van der Waals surface area contributed by atoms with Gasteiger partial charge < -0.3 is 13.9 Å². The van der Waals surface area contributed by atoms with Crippen molar-refractivity contribution in [2.24, 2.45) is 0 Å². The Morgan fingerprint density at radius 2 is 2.04 bits per heavy atom. The minimum Gasteiger partial charge on any atom is -0.462 e. The number of ether oxygens (including phenoxy) is 2. The van der Waals surface area contributed by atoms with E-state index in [9.17, 15) is 4.79 Å². The summed E-state index contributed by atoms with van der Waals surface area (Å²) in [7, 11) is 0. The molecule has 0 radical (unpaired) electrons. The number of carbonyl (C=O) groups excluding carboxylic acids is 1. The van der Waals surface area contributed by atoms with E-state index >= 15 is 0 Å². The lowest BCUT2D eigenvalue weighted by atomic mass is 10.2. The second-order valence-electron chi connectivity index (χ2n) is 4.45. The maximum Gasteiger partial charge on any atom is 0.343 e. The molecule has 0 saturated heterocycles. The number of carbonyl (C=O) groups is 1. The molecule has 0 aliphatic rings. The highest BCUT2D eigenvalue weighted by molar-refractivity contribution is 5.91. The van der Waals surface area contributed by atoms with Gasteiger partial charge in [0.25, 0.3) is 0 Å². The molecule has 3 aromatic rings. The maximum atomic E-state index is 11.9. The first kappa shape index (κ1) is 14.7. The molecule has 0 atom stereocenters. The van der Waals surface area contributed by atoms with Gasteiger partial charge in [-0.15, -0.1) is 10.2 Å². The molecular formula is C16H13N3O4. The third kappa shape index (κ3) is 3.34. The highest BCUT2D eigenvalue weighted by Gasteiger charge is 2.15. The van der Waals surface area contributed by atoms with Crippen LogP contribution in [0.5, 0.6) is 11.6 Å². The lowest BCUT2D eigenvalue weighted by Crippen LogP contribution is -2.07. The Morgan fingerprint density at radius 3 is 2.74 bits per heavy atom. The molecule has 0 aliphatic heterocycles. The Balaban J connectivity index is 1.81. The topological polar surface area (TPSA) is 87.3 Å². The van der Waals surface area contributed by atoms with Crippen molar-refractivity contribution in [2.75, 3.05) is 6.61 Å². The van der Waals surface area contributed by atoms with Gasteiger partial charge >= 0.3 is 5.97 Å². The summed E-state index contributed by atoms with van der Waals surface area (Å²) in [6.45, 7) is 2.02. The number of nitrogens with zero attached hydrogens (tertiary/aromatic N) is 3. The number of rotatable bonds is 5. The van der Waals surface area contributed by atoms with Crippen molar-refractivity contribution in [2.45, 2.75) is 6.92 Å². The third-order valence-electron chi connectivity index (χ3n) is 2.94. The molecule has 0 unspecified atom stereocenters. The van der Waals surface area contributed by atoms with E-state index in [0.29, 0.717) is 11.6 Å². The highest BCUT2D eigenvalue weighted by atomic mass is 16.5. The van der Waals surface area contributed by atoms with Gasteiger partial charge in [0, 0.05) is 11.8 Å². The fraction of sp³-hybridized carbons (Fsp3) is 0.125. The molecule has 0 amide bonds. The Hall–Kier alpha value is -3.22. The van der Waals surface area contributed by atoms with Gasteiger partial charge in [0.05, 0.1) is 6.61 Å². The van der Waals surface area contributed by atoms with Gasteiger partial charge in [-0.05, 0) is 43.3 Å². The minimum absolute atomic E-state index is 0.191. The van der Waals surface area contributed by atoms with Crippen molar-refractivity contribution in [3.05, 3.63) is 54.6 Å². The number of hydrogen-bond donors (Lipinski definition) is 0. The molecule has 1 aromatic carbocycles. The van der Waals surface area contributed by atoms with E-state index in [-0.39, 0.29) is 18.1 Å². The number of benzene rings is 1. The Kier molecular flexibility index (Phi) is 4.28. The standard InChI is InChI=1S/C16H13N3O4/c1-2-21-16(20)13-4-3-9-17-15(13)23-12-7-5-11(6-8-12)14-19-18-10-22-14/h3-10H,2H2,1H3. The lowest BCUT2D eigenvalue weighted by Gasteiger charge is -2.09. The summed E-state index contributed by atoms with van der Waals surface area (Å²) in [5, 5.41) is 7.45. The smallest absolute Gasteiger partial charge is 0.343 e. The first-order valence-electron chi connectivity index (χ1n) is 6.94. The van der Waals surface area contributed by atoms with Gasteiger partial charge in [-0.2, -0.15) is 0 Å². The van der Waals surface area contributed by atoms with E-state index in [1.54, 1.807) is 49.5 Å². The van der Waals surface area contributed by atoms with Gasteiger partial charge in [-0.3, -0.25) is 0 Å². The second kappa shape index (κ2) is 6.69. The van der Waals surface area contributed by atoms with Gasteiger partial charge in [0.15, 0.2) is 0 Å². The largest absolute Gasteiger partial charge is 0.462 e. The Labute approximate surface area is 131 Å². The van der Waals surface area contributed by atoms with E-state index < -0.39 is 5.97 Å². The van der Waals surface area contributed by atoms with Gasteiger partial charge in [-0.25, -0.2) is 9.78 Å². The maximum absolute atomic E-state index is 11.9. The summed E-state index contributed by atoms with van der Waals surface area (Å²) in [6, 6.07) is 10.3. The zero-order chi connectivity index (χ0) is 16.1. The van der Waals surface area contributed by atoms with Crippen LogP contribution in [-0.4, -0.2) is 27.8 Å². The molecule has 2 heterocycles. The molecule has 0 aliphatic carbocycles. The van der Waals surface area contributed by atoms with Crippen molar-refractivity contribution < 1.29 is 18.7 Å². The Bertz CT molecular complexity index is 785. The van der Waals surface area contributed by atoms with E-state index in [2.05, 4.69) is 15.2 Å². The average molecular weight is 311 g/mol. The minimum atomic E-state index is -0.474. The van der Waals surface area contributed by atoms with Crippen LogP contribution >= 0.6 is 0 Å². The van der Waals surface area contributed by atoms with Crippen molar-refractivity contribution in [3.8, 4) is 23.1 Å².